The smallest absolute Gasteiger partial charge is 0.123 e. The van der Waals surface area contributed by atoms with Crippen molar-refractivity contribution in [3.63, 3.8) is 0 Å². The van der Waals surface area contributed by atoms with Crippen LogP contribution in [0, 0.1) is 11.2 Å². The molecule has 2 unspecified atom stereocenters. The summed E-state index contributed by atoms with van der Waals surface area (Å²) >= 11 is 4.41. The molecule has 2 fully saturated rings. The SMILES string of the molecule is CC1CCSC2(CCC3=Cc4c(cnn4-c4ccc(F)cc4)C[C@@]32C)S1. The molecule has 26 heavy (non-hydrogen) atoms. The zero-order valence-corrected chi connectivity index (χ0v) is 16.8. The van der Waals surface area contributed by atoms with E-state index in [0.717, 1.165) is 17.4 Å². The van der Waals surface area contributed by atoms with E-state index < -0.39 is 0 Å². The Morgan fingerprint density at radius 2 is 2.08 bits per heavy atom. The van der Waals surface area contributed by atoms with Crippen molar-refractivity contribution in [1.82, 2.24) is 9.78 Å². The predicted molar refractivity (Wildman–Crippen MR) is 109 cm³/mol. The summed E-state index contributed by atoms with van der Waals surface area (Å²) in [6.45, 7) is 4.86. The fourth-order valence-corrected chi connectivity index (χ4v) is 9.12. The molecular weight excluding hydrogens is 363 g/mol. The summed E-state index contributed by atoms with van der Waals surface area (Å²) in [4.78, 5) is 0. The van der Waals surface area contributed by atoms with E-state index in [4.69, 9.17) is 0 Å². The minimum Gasteiger partial charge on any atom is -0.233 e. The fraction of sp³-hybridized carbons (Fsp3) is 0.476. The van der Waals surface area contributed by atoms with Crippen LogP contribution in [0.2, 0.25) is 0 Å². The first kappa shape index (κ1) is 16.9. The maximum atomic E-state index is 13.3. The lowest BCUT2D eigenvalue weighted by molar-refractivity contribution is 0.390. The Balaban J connectivity index is 1.56. The lowest BCUT2D eigenvalue weighted by atomic mass is 9.74. The zero-order valence-electron chi connectivity index (χ0n) is 15.2. The zero-order chi connectivity index (χ0) is 17.9. The second-order valence-corrected chi connectivity index (χ2v) is 11.3. The van der Waals surface area contributed by atoms with Gasteiger partial charge in [-0.1, -0.05) is 19.4 Å². The summed E-state index contributed by atoms with van der Waals surface area (Å²) in [6.07, 6.45) is 9.22. The van der Waals surface area contributed by atoms with Crippen LogP contribution in [0.3, 0.4) is 0 Å². The number of hydrogen-bond donors (Lipinski definition) is 0. The van der Waals surface area contributed by atoms with E-state index in [1.54, 1.807) is 17.7 Å². The number of halogens is 1. The van der Waals surface area contributed by atoms with Crippen LogP contribution in [0.4, 0.5) is 4.39 Å². The molecule has 136 valence electrons. The molecule has 0 N–H and O–H groups in total. The number of hydrogen-bond acceptors (Lipinski definition) is 3. The molecule has 0 radical (unpaired) electrons. The Morgan fingerprint density at radius 3 is 2.85 bits per heavy atom. The van der Waals surface area contributed by atoms with Crippen LogP contribution < -0.4 is 0 Å². The molecule has 0 bridgehead atoms. The number of thioether (sulfide) groups is 2. The van der Waals surface area contributed by atoms with Gasteiger partial charge in [0.2, 0.25) is 0 Å². The first-order valence-corrected chi connectivity index (χ1v) is 11.2. The van der Waals surface area contributed by atoms with E-state index in [2.05, 4.69) is 48.5 Å². The Hall–Kier alpha value is -1.20. The van der Waals surface area contributed by atoms with Crippen molar-refractivity contribution in [2.45, 2.75) is 48.9 Å². The highest BCUT2D eigenvalue weighted by Crippen LogP contribution is 2.67. The minimum atomic E-state index is -0.209. The molecule has 1 spiro atoms. The lowest BCUT2D eigenvalue weighted by Gasteiger charge is -2.48. The molecule has 5 rings (SSSR count). The van der Waals surface area contributed by atoms with Gasteiger partial charge in [0.1, 0.15) is 5.82 Å². The third kappa shape index (κ3) is 2.36. The van der Waals surface area contributed by atoms with E-state index in [-0.39, 0.29) is 11.2 Å². The largest absolute Gasteiger partial charge is 0.233 e. The molecule has 1 saturated carbocycles. The van der Waals surface area contributed by atoms with Gasteiger partial charge >= 0.3 is 0 Å². The van der Waals surface area contributed by atoms with Gasteiger partial charge < -0.3 is 0 Å². The van der Waals surface area contributed by atoms with Gasteiger partial charge in [0, 0.05) is 10.7 Å². The Bertz CT molecular complexity index is 888. The highest BCUT2D eigenvalue weighted by Gasteiger charge is 2.58. The van der Waals surface area contributed by atoms with Crippen LogP contribution in [-0.4, -0.2) is 24.9 Å². The van der Waals surface area contributed by atoms with Gasteiger partial charge in [0.05, 0.1) is 21.7 Å². The van der Waals surface area contributed by atoms with E-state index in [1.165, 1.54) is 48.4 Å². The predicted octanol–water partition coefficient (Wildman–Crippen LogP) is 5.71. The second kappa shape index (κ2) is 5.90. The van der Waals surface area contributed by atoms with E-state index in [1.807, 2.05) is 10.9 Å². The Kier molecular flexibility index (Phi) is 3.84. The monoisotopic (exact) mass is 386 g/mol. The molecular formula is C21H23FN2S2. The van der Waals surface area contributed by atoms with Crippen molar-refractivity contribution in [1.29, 1.82) is 0 Å². The first-order valence-electron chi connectivity index (χ1n) is 9.36. The molecule has 3 atom stereocenters. The summed E-state index contributed by atoms with van der Waals surface area (Å²) in [7, 11) is 0. The first-order chi connectivity index (χ1) is 12.5. The molecule has 3 aliphatic rings. The topological polar surface area (TPSA) is 17.8 Å². The van der Waals surface area contributed by atoms with Crippen LogP contribution in [0.5, 0.6) is 0 Å². The third-order valence-electron chi connectivity index (χ3n) is 6.34. The average molecular weight is 387 g/mol. The number of allylic oxidation sites excluding steroid dienone is 1. The van der Waals surface area contributed by atoms with Gasteiger partial charge in [-0.3, -0.25) is 0 Å². The summed E-state index contributed by atoms with van der Waals surface area (Å²) < 4.78 is 15.6. The summed E-state index contributed by atoms with van der Waals surface area (Å²) in [5.74, 6) is 1.07. The van der Waals surface area contributed by atoms with Gasteiger partial charge in [-0.15, -0.1) is 23.5 Å². The number of nitrogens with zero attached hydrogens (tertiary/aromatic N) is 2. The summed E-state index contributed by atoms with van der Waals surface area (Å²) in [5.41, 5.74) is 5.21. The van der Waals surface area contributed by atoms with Crippen LogP contribution in [0.1, 0.15) is 44.4 Å². The van der Waals surface area contributed by atoms with Gasteiger partial charge in [0.15, 0.2) is 0 Å². The van der Waals surface area contributed by atoms with Gasteiger partial charge in [-0.2, -0.15) is 5.10 Å². The standard InChI is InChI=1S/C21H23FN2S2/c1-14-8-10-25-21(26-14)9-7-16-11-19-15(12-20(16,21)2)13-23-24(19)18-5-3-17(22)4-6-18/h3-6,11,13-14H,7-10,12H2,1-2H3/t14?,20-,21?/m0/s1. The summed E-state index contributed by atoms with van der Waals surface area (Å²) in [5, 5.41) is 5.39. The van der Waals surface area contributed by atoms with E-state index in [0.29, 0.717) is 4.08 Å². The van der Waals surface area contributed by atoms with Gasteiger partial charge in [-0.05, 0) is 67.3 Å². The molecule has 1 aromatic carbocycles. The van der Waals surface area contributed by atoms with Crippen LogP contribution in [0.15, 0.2) is 36.0 Å². The molecule has 2 heterocycles. The molecule has 5 heteroatoms. The molecule has 1 saturated heterocycles. The second-order valence-electron chi connectivity index (χ2n) is 7.94. The number of fused-ring (bicyclic) bond motifs is 3. The van der Waals surface area contributed by atoms with Gasteiger partial charge in [0.25, 0.3) is 0 Å². The fourth-order valence-electron chi connectivity index (χ4n) is 4.82. The molecule has 2 aromatic rings. The number of rotatable bonds is 1. The molecule has 1 aliphatic heterocycles. The quantitative estimate of drug-likeness (QED) is 0.625. The van der Waals surface area contributed by atoms with E-state index in [9.17, 15) is 4.39 Å². The highest BCUT2D eigenvalue weighted by atomic mass is 32.2. The Labute approximate surface area is 162 Å². The van der Waals surface area contributed by atoms with Crippen molar-refractivity contribution < 1.29 is 4.39 Å². The van der Waals surface area contributed by atoms with Gasteiger partial charge in [-0.25, -0.2) is 9.07 Å². The Morgan fingerprint density at radius 1 is 1.27 bits per heavy atom. The number of benzene rings is 1. The maximum absolute atomic E-state index is 13.3. The van der Waals surface area contributed by atoms with Crippen molar-refractivity contribution in [3.8, 4) is 5.69 Å². The van der Waals surface area contributed by atoms with Crippen LogP contribution in [-0.2, 0) is 6.42 Å². The third-order valence-corrected chi connectivity index (χ3v) is 10.2. The highest BCUT2D eigenvalue weighted by molar-refractivity contribution is 8.19. The molecule has 0 amide bonds. The van der Waals surface area contributed by atoms with Crippen molar-refractivity contribution in [2.24, 2.45) is 5.41 Å². The maximum Gasteiger partial charge on any atom is 0.123 e. The minimum absolute atomic E-state index is 0.209. The van der Waals surface area contributed by atoms with Crippen molar-refractivity contribution >= 4 is 29.6 Å². The molecule has 2 aliphatic carbocycles. The normalized spacial score (nSPS) is 33.0. The summed E-state index contributed by atoms with van der Waals surface area (Å²) in [6, 6.07) is 6.62. The lowest BCUT2D eigenvalue weighted by Crippen LogP contribution is -2.43. The van der Waals surface area contributed by atoms with Crippen LogP contribution in [0.25, 0.3) is 11.8 Å². The van der Waals surface area contributed by atoms with Crippen molar-refractivity contribution in [2.75, 3.05) is 5.75 Å². The average Bonchev–Trinajstić information content (AvgIpc) is 3.13. The molecule has 1 aromatic heterocycles. The molecule has 2 nitrogen and oxygen atoms in total. The van der Waals surface area contributed by atoms with E-state index >= 15 is 0 Å². The van der Waals surface area contributed by atoms with Crippen LogP contribution >= 0.6 is 23.5 Å². The number of aromatic nitrogens is 2. The van der Waals surface area contributed by atoms with Crippen molar-refractivity contribution in [3.05, 3.63) is 53.1 Å².